The minimum absolute atomic E-state index is 0.266. The van der Waals surface area contributed by atoms with Crippen molar-refractivity contribution >= 4 is 5.91 Å². The van der Waals surface area contributed by atoms with Crippen molar-refractivity contribution in [2.24, 2.45) is 5.41 Å². The largest absolute Gasteiger partial charge is 0.342 e. The van der Waals surface area contributed by atoms with Crippen molar-refractivity contribution in [3.63, 3.8) is 0 Å². The maximum Gasteiger partial charge on any atom is 0.236 e. The topological polar surface area (TPSA) is 39.7 Å². The SMILES string of the molecule is CN(CC(=O)N1CCC2(CCN(C)C2)CC1)Cc1ccncc1. The maximum atomic E-state index is 12.5. The third kappa shape index (κ3) is 4.09. The van der Waals surface area contributed by atoms with Crippen LogP contribution >= 0.6 is 0 Å². The van der Waals surface area contributed by atoms with Gasteiger partial charge in [0.15, 0.2) is 0 Å². The van der Waals surface area contributed by atoms with Gasteiger partial charge < -0.3 is 9.80 Å². The normalized spacial score (nSPS) is 21.3. The minimum atomic E-state index is 0.266. The summed E-state index contributed by atoms with van der Waals surface area (Å²) in [4.78, 5) is 23.1. The van der Waals surface area contributed by atoms with Crippen molar-refractivity contribution in [1.82, 2.24) is 19.7 Å². The Kier molecular flexibility index (Phi) is 4.97. The van der Waals surface area contributed by atoms with Gasteiger partial charge in [-0.2, -0.15) is 0 Å². The molecule has 2 aliphatic heterocycles. The summed E-state index contributed by atoms with van der Waals surface area (Å²) >= 11 is 0. The van der Waals surface area contributed by atoms with E-state index >= 15 is 0 Å². The Hall–Kier alpha value is -1.46. The summed E-state index contributed by atoms with van der Waals surface area (Å²) in [7, 11) is 4.22. The Bertz CT molecular complexity index is 525. The highest BCUT2D eigenvalue weighted by Crippen LogP contribution is 2.39. The molecule has 5 heteroatoms. The molecule has 0 saturated carbocycles. The zero-order valence-electron chi connectivity index (χ0n) is 14.4. The lowest BCUT2D eigenvalue weighted by Gasteiger charge is -2.39. The standard InChI is InChI=1S/C18H28N4O/c1-20-10-5-18(15-20)6-11-22(12-7-18)17(23)14-21(2)13-16-3-8-19-9-4-16/h3-4,8-9H,5-7,10-15H2,1-2H3. The van der Waals surface area contributed by atoms with Gasteiger partial charge in [-0.15, -0.1) is 0 Å². The van der Waals surface area contributed by atoms with Gasteiger partial charge in [-0.05, 0) is 63.0 Å². The number of carbonyl (C=O) groups is 1. The molecule has 0 aromatic carbocycles. The third-order valence-corrected chi connectivity index (χ3v) is 5.41. The lowest BCUT2D eigenvalue weighted by Crippen LogP contribution is -2.47. The van der Waals surface area contributed by atoms with Gasteiger partial charge in [-0.25, -0.2) is 0 Å². The molecule has 5 nitrogen and oxygen atoms in total. The van der Waals surface area contributed by atoms with Crippen LogP contribution in [0.25, 0.3) is 0 Å². The van der Waals surface area contributed by atoms with E-state index < -0.39 is 0 Å². The number of nitrogens with zero attached hydrogens (tertiary/aromatic N) is 4. The smallest absolute Gasteiger partial charge is 0.236 e. The Labute approximate surface area is 139 Å². The summed E-state index contributed by atoms with van der Waals surface area (Å²) in [5, 5.41) is 0. The number of amides is 1. The van der Waals surface area contributed by atoms with Gasteiger partial charge in [0, 0.05) is 38.6 Å². The lowest BCUT2D eigenvalue weighted by atomic mass is 9.78. The lowest BCUT2D eigenvalue weighted by molar-refractivity contribution is -0.134. The zero-order chi connectivity index (χ0) is 16.3. The fourth-order valence-corrected chi connectivity index (χ4v) is 3.98. The molecule has 0 aliphatic carbocycles. The van der Waals surface area contributed by atoms with Crippen LogP contribution in [0.2, 0.25) is 0 Å². The zero-order valence-corrected chi connectivity index (χ0v) is 14.4. The Morgan fingerprint density at radius 3 is 2.48 bits per heavy atom. The Morgan fingerprint density at radius 1 is 1.22 bits per heavy atom. The third-order valence-electron chi connectivity index (χ3n) is 5.41. The van der Waals surface area contributed by atoms with Crippen LogP contribution in [0.4, 0.5) is 0 Å². The Balaban J connectivity index is 1.46. The molecule has 0 bridgehead atoms. The van der Waals surface area contributed by atoms with Crippen molar-refractivity contribution in [2.75, 3.05) is 46.8 Å². The van der Waals surface area contributed by atoms with Gasteiger partial charge in [-0.1, -0.05) is 0 Å². The predicted molar refractivity (Wildman–Crippen MR) is 90.9 cm³/mol. The summed E-state index contributed by atoms with van der Waals surface area (Å²) in [6.45, 7) is 5.55. The number of hydrogen-bond acceptors (Lipinski definition) is 4. The van der Waals surface area contributed by atoms with Crippen LogP contribution in [-0.2, 0) is 11.3 Å². The molecule has 1 amide bonds. The molecule has 3 rings (SSSR count). The summed E-state index contributed by atoms with van der Waals surface area (Å²) in [5.74, 6) is 0.266. The summed E-state index contributed by atoms with van der Waals surface area (Å²) < 4.78 is 0. The number of likely N-dealkylation sites (N-methyl/N-ethyl adjacent to an activating group) is 1. The molecule has 0 N–H and O–H groups in total. The van der Waals surface area contributed by atoms with Crippen LogP contribution in [0.15, 0.2) is 24.5 Å². The first-order chi connectivity index (χ1) is 11.1. The summed E-state index contributed by atoms with van der Waals surface area (Å²) in [5.41, 5.74) is 1.68. The van der Waals surface area contributed by atoms with E-state index in [1.807, 2.05) is 19.2 Å². The van der Waals surface area contributed by atoms with Crippen molar-refractivity contribution in [1.29, 1.82) is 0 Å². The van der Waals surface area contributed by atoms with Crippen molar-refractivity contribution < 1.29 is 4.79 Å². The highest BCUT2D eigenvalue weighted by Gasteiger charge is 2.40. The highest BCUT2D eigenvalue weighted by atomic mass is 16.2. The van der Waals surface area contributed by atoms with E-state index in [9.17, 15) is 4.79 Å². The average Bonchev–Trinajstić information content (AvgIpc) is 2.89. The molecule has 0 radical (unpaired) electrons. The van der Waals surface area contributed by atoms with Crippen LogP contribution in [0, 0.1) is 5.41 Å². The number of rotatable bonds is 4. The molecule has 2 saturated heterocycles. The highest BCUT2D eigenvalue weighted by molar-refractivity contribution is 5.78. The fourth-order valence-electron chi connectivity index (χ4n) is 3.98. The molecule has 0 atom stereocenters. The van der Waals surface area contributed by atoms with Crippen LogP contribution in [0.1, 0.15) is 24.8 Å². The molecular formula is C18H28N4O. The van der Waals surface area contributed by atoms with E-state index in [-0.39, 0.29) is 5.91 Å². The van der Waals surface area contributed by atoms with Crippen LogP contribution in [0.5, 0.6) is 0 Å². The van der Waals surface area contributed by atoms with Crippen molar-refractivity contribution in [3.8, 4) is 0 Å². The van der Waals surface area contributed by atoms with E-state index in [4.69, 9.17) is 0 Å². The first kappa shape index (κ1) is 16.4. The van der Waals surface area contributed by atoms with Gasteiger partial charge in [0.2, 0.25) is 5.91 Å². The number of hydrogen-bond donors (Lipinski definition) is 0. The van der Waals surface area contributed by atoms with E-state index in [0.29, 0.717) is 12.0 Å². The molecular weight excluding hydrogens is 288 g/mol. The van der Waals surface area contributed by atoms with Gasteiger partial charge in [0.1, 0.15) is 0 Å². The van der Waals surface area contributed by atoms with E-state index in [1.54, 1.807) is 12.4 Å². The van der Waals surface area contributed by atoms with Gasteiger partial charge in [0.05, 0.1) is 6.54 Å². The predicted octanol–water partition coefficient (Wildman–Crippen LogP) is 1.46. The van der Waals surface area contributed by atoms with Crippen LogP contribution < -0.4 is 0 Å². The van der Waals surface area contributed by atoms with Crippen LogP contribution in [0.3, 0.4) is 0 Å². The average molecular weight is 316 g/mol. The van der Waals surface area contributed by atoms with Gasteiger partial charge >= 0.3 is 0 Å². The van der Waals surface area contributed by atoms with Crippen molar-refractivity contribution in [2.45, 2.75) is 25.8 Å². The van der Waals surface area contributed by atoms with Gasteiger partial charge in [0.25, 0.3) is 0 Å². The van der Waals surface area contributed by atoms with E-state index in [2.05, 4.69) is 26.7 Å². The Morgan fingerprint density at radius 2 is 1.87 bits per heavy atom. The second-order valence-electron chi connectivity index (χ2n) is 7.40. The first-order valence-corrected chi connectivity index (χ1v) is 8.60. The molecule has 1 spiro atoms. The number of pyridine rings is 1. The minimum Gasteiger partial charge on any atom is -0.342 e. The first-order valence-electron chi connectivity index (χ1n) is 8.60. The fraction of sp³-hybridized carbons (Fsp3) is 0.667. The molecule has 2 fully saturated rings. The van der Waals surface area contributed by atoms with E-state index in [1.165, 1.54) is 25.1 Å². The van der Waals surface area contributed by atoms with Crippen LogP contribution in [-0.4, -0.2) is 72.4 Å². The molecule has 3 heterocycles. The second kappa shape index (κ2) is 6.97. The molecule has 23 heavy (non-hydrogen) atoms. The molecule has 1 aromatic heterocycles. The van der Waals surface area contributed by atoms with E-state index in [0.717, 1.165) is 32.5 Å². The van der Waals surface area contributed by atoms with Crippen molar-refractivity contribution in [3.05, 3.63) is 30.1 Å². The van der Waals surface area contributed by atoms with Gasteiger partial charge in [-0.3, -0.25) is 14.7 Å². The number of aromatic nitrogens is 1. The molecule has 2 aliphatic rings. The quantitative estimate of drug-likeness (QED) is 0.843. The second-order valence-corrected chi connectivity index (χ2v) is 7.40. The molecule has 1 aromatic rings. The number of piperidine rings is 1. The number of likely N-dealkylation sites (tertiary alicyclic amines) is 2. The maximum absolute atomic E-state index is 12.5. The molecule has 126 valence electrons. The summed E-state index contributed by atoms with van der Waals surface area (Å²) in [6.07, 6.45) is 7.23. The molecule has 0 unspecified atom stereocenters. The monoisotopic (exact) mass is 316 g/mol. The number of carbonyl (C=O) groups excluding carboxylic acids is 1. The summed E-state index contributed by atoms with van der Waals surface area (Å²) in [6, 6.07) is 4.00.